The Morgan fingerprint density at radius 3 is 1.10 bits per heavy atom. The van der Waals surface area contributed by atoms with Gasteiger partial charge < -0.3 is 22.9 Å². The molecule has 0 aromatic heterocycles. The second-order valence-electron chi connectivity index (χ2n) is 7.60. The third-order valence-electron chi connectivity index (χ3n) is 4.60. The lowest BCUT2D eigenvalue weighted by Gasteiger charge is -2.12. The molecule has 0 fully saturated rings. The Labute approximate surface area is 245 Å². The van der Waals surface area contributed by atoms with Crippen molar-refractivity contribution >= 4 is 66.0 Å². The average Bonchev–Trinajstić information content (AvgIpc) is 2.75. The highest BCUT2D eigenvalue weighted by Crippen LogP contribution is 2.44. The first-order valence-electron chi connectivity index (χ1n) is 10.2. The van der Waals surface area contributed by atoms with Gasteiger partial charge in [-0.15, -0.1) is 0 Å². The smallest absolute Gasteiger partial charge is 0.398 e. The van der Waals surface area contributed by atoms with Crippen LogP contribution in [0.3, 0.4) is 0 Å². The number of alkyl halides is 9. The van der Waals surface area contributed by atoms with Gasteiger partial charge in [-0.1, -0.05) is 37.9 Å². The summed E-state index contributed by atoms with van der Waals surface area (Å²) in [6.45, 7) is 0. The number of rotatable bonds is 2. The molecule has 0 bridgehead atoms. The van der Waals surface area contributed by atoms with Crippen molar-refractivity contribution in [2.24, 2.45) is 0 Å². The van der Waals surface area contributed by atoms with Crippen LogP contribution in [0.2, 0.25) is 0 Å². The first-order chi connectivity index (χ1) is 18.9. The Morgan fingerprint density at radius 2 is 0.833 bits per heavy atom. The second-order valence-corrected chi connectivity index (χ2v) is 9.43. The van der Waals surface area contributed by atoms with Crippen LogP contribution in [0.4, 0.5) is 73.6 Å². The number of nitro benzene ring substituents is 2. The zero-order chi connectivity index (χ0) is 33.0. The maximum Gasteiger partial charge on any atom is 0.429 e. The van der Waals surface area contributed by atoms with E-state index in [1.807, 2.05) is 0 Å². The first-order valence-corrected chi connectivity index (χ1v) is 11.8. The molecule has 10 nitrogen and oxygen atoms in total. The van der Waals surface area contributed by atoms with Gasteiger partial charge in [-0.3, -0.25) is 20.2 Å². The van der Waals surface area contributed by atoms with Crippen molar-refractivity contribution in [1.82, 2.24) is 0 Å². The molecule has 0 atom stereocenters. The molecular formula is C21H15Br2F9N6O4. The van der Waals surface area contributed by atoms with Crippen LogP contribution in [0.25, 0.3) is 0 Å². The lowest BCUT2D eigenvalue weighted by atomic mass is 10.1. The fourth-order valence-corrected chi connectivity index (χ4v) is 3.98. The van der Waals surface area contributed by atoms with Gasteiger partial charge in [-0.05, 0) is 24.3 Å². The molecule has 0 amide bonds. The van der Waals surface area contributed by atoms with Crippen LogP contribution in [-0.2, 0) is 18.5 Å². The number of halogens is 11. The van der Waals surface area contributed by atoms with Crippen molar-refractivity contribution in [3.05, 3.63) is 88.3 Å². The van der Waals surface area contributed by atoms with Crippen molar-refractivity contribution < 1.29 is 49.4 Å². The zero-order valence-corrected chi connectivity index (χ0v) is 23.2. The Morgan fingerprint density at radius 1 is 0.548 bits per heavy atom. The van der Waals surface area contributed by atoms with Gasteiger partial charge in [0.05, 0.1) is 9.85 Å². The van der Waals surface area contributed by atoms with Crippen LogP contribution in [0.1, 0.15) is 16.7 Å². The molecule has 0 heterocycles. The minimum absolute atomic E-state index is 0.177. The maximum absolute atomic E-state index is 12.5. The van der Waals surface area contributed by atoms with Crippen LogP contribution in [-0.4, -0.2) is 9.85 Å². The van der Waals surface area contributed by atoms with E-state index in [1.54, 1.807) is 0 Å². The van der Waals surface area contributed by atoms with E-state index in [1.165, 1.54) is 30.3 Å². The maximum atomic E-state index is 12.5. The normalized spacial score (nSPS) is 11.5. The molecule has 3 aromatic rings. The van der Waals surface area contributed by atoms with Crippen molar-refractivity contribution in [1.29, 1.82) is 0 Å². The number of anilines is 4. The molecule has 0 aliphatic rings. The molecule has 42 heavy (non-hydrogen) atoms. The van der Waals surface area contributed by atoms with E-state index in [4.69, 9.17) is 22.9 Å². The van der Waals surface area contributed by atoms with E-state index in [0.29, 0.717) is 16.6 Å². The van der Waals surface area contributed by atoms with Crippen molar-refractivity contribution in [3.63, 3.8) is 0 Å². The monoisotopic (exact) mass is 744 g/mol. The number of nitrogen functional groups attached to an aromatic ring is 4. The molecular weight excluding hydrogens is 731 g/mol. The lowest BCUT2D eigenvalue weighted by molar-refractivity contribution is -0.400. The third kappa shape index (κ3) is 9.53. The number of nitrogens with two attached hydrogens (primary N) is 4. The SMILES string of the molecule is Nc1cc(Br)cc(N)c1C(F)(F)F.Nc1cccc(N)c1C(F)(F)F.O=[N+]([O-])c1cc(Br)cc([N+](=O)[O-])c1C(F)(F)F. The molecule has 21 heteroatoms. The van der Waals surface area contributed by atoms with Gasteiger partial charge >= 0.3 is 18.5 Å². The number of nitro groups is 2. The van der Waals surface area contributed by atoms with Crippen molar-refractivity contribution in [2.45, 2.75) is 18.5 Å². The highest BCUT2D eigenvalue weighted by atomic mass is 79.9. The summed E-state index contributed by atoms with van der Waals surface area (Å²) in [5.74, 6) is 0. The molecule has 3 aromatic carbocycles. The largest absolute Gasteiger partial charge is 0.429 e. The molecule has 8 N–H and O–H groups in total. The minimum Gasteiger partial charge on any atom is -0.398 e. The summed E-state index contributed by atoms with van der Waals surface area (Å²) in [5.41, 5.74) is 12.6. The Kier molecular flexibility index (Phi) is 11.4. The Balaban J connectivity index is 0.000000321. The number of hydrogen-bond acceptors (Lipinski definition) is 8. The van der Waals surface area contributed by atoms with Crippen LogP contribution in [0.15, 0.2) is 51.4 Å². The summed E-state index contributed by atoms with van der Waals surface area (Å²) in [7, 11) is 0. The van der Waals surface area contributed by atoms with Crippen molar-refractivity contribution in [3.8, 4) is 0 Å². The van der Waals surface area contributed by atoms with Gasteiger partial charge in [0.1, 0.15) is 11.1 Å². The average molecular weight is 746 g/mol. The molecule has 0 aliphatic heterocycles. The highest BCUT2D eigenvalue weighted by Gasteiger charge is 2.46. The first kappa shape index (κ1) is 36.0. The summed E-state index contributed by atoms with van der Waals surface area (Å²) in [6, 6.07) is 7.17. The van der Waals surface area contributed by atoms with Crippen LogP contribution < -0.4 is 22.9 Å². The molecule has 230 valence electrons. The van der Waals surface area contributed by atoms with Gasteiger partial charge in [0, 0.05) is 43.8 Å². The summed E-state index contributed by atoms with van der Waals surface area (Å²) in [4.78, 5) is 18.3. The summed E-state index contributed by atoms with van der Waals surface area (Å²) in [6.07, 6.45) is -14.2. The molecule has 0 aliphatic carbocycles. The third-order valence-corrected chi connectivity index (χ3v) is 5.51. The van der Waals surface area contributed by atoms with E-state index in [-0.39, 0.29) is 27.2 Å². The predicted molar refractivity (Wildman–Crippen MR) is 141 cm³/mol. The molecule has 0 spiro atoms. The molecule has 0 saturated carbocycles. The van der Waals surface area contributed by atoms with E-state index >= 15 is 0 Å². The van der Waals surface area contributed by atoms with E-state index in [2.05, 4.69) is 31.9 Å². The minimum atomic E-state index is -5.18. The van der Waals surface area contributed by atoms with Gasteiger partial charge in [0.15, 0.2) is 0 Å². The molecule has 0 radical (unpaired) electrons. The molecule has 3 rings (SSSR count). The summed E-state index contributed by atoms with van der Waals surface area (Å²) >= 11 is 5.66. The summed E-state index contributed by atoms with van der Waals surface area (Å²) in [5, 5.41) is 20.9. The lowest BCUT2D eigenvalue weighted by Crippen LogP contribution is -2.12. The zero-order valence-electron chi connectivity index (χ0n) is 20.0. The molecule has 0 saturated heterocycles. The Hall–Kier alpha value is -4.01. The molecule has 0 unspecified atom stereocenters. The van der Waals surface area contributed by atoms with Gasteiger partial charge in [-0.25, -0.2) is 0 Å². The van der Waals surface area contributed by atoms with Crippen LogP contribution in [0.5, 0.6) is 0 Å². The summed E-state index contributed by atoms with van der Waals surface area (Å²) < 4.78 is 111. The van der Waals surface area contributed by atoms with Crippen LogP contribution >= 0.6 is 31.9 Å². The standard InChI is InChI=1S/C7H2BrF3N2O4.C7H6BrF3N2.C7H7F3N2/c8-3-1-4(12(14)15)6(7(9,10)11)5(2-3)13(16)17;8-3-1-4(12)6(5(13)2-3)7(9,10)11;8-7(9,10)6-4(11)2-1-3-5(6)12/h1-2H;1-2H,12-13H2;1-3H,11-12H2. The highest BCUT2D eigenvalue weighted by molar-refractivity contribution is 9.10. The van der Waals surface area contributed by atoms with E-state index in [0.717, 1.165) is 0 Å². The predicted octanol–water partition coefficient (Wildman–Crippen LogP) is 7.79. The van der Waals surface area contributed by atoms with Gasteiger partial charge in [0.25, 0.3) is 11.4 Å². The number of benzene rings is 3. The van der Waals surface area contributed by atoms with Gasteiger partial charge in [-0.2, -0.15) is 39.5 Å². The van der Waals surface area contributed by atoms with E-state index < -0.39 is 56.4 Å². The van der Waals surface area contributed by atoms with Gasteiger partial charge in [0.2, 0.25) is 5.56 Å². The number of hydrogen-bond donors (Lipinski definition) is 4. The van der Waals surface area contributed by atoms with E-state index in [9.17, 15) is 59.7 Å². The Bertz CT molecular complexity index is 1400. The van der Waals surface area contributed by atoms with Crippen molar-refractivity contribution in [2.75, 3.05) is 22.9 Å². The number of nitrogens with zero attached hydrogens (tertiary/aromatic N) is 2. The fourth-order valence-electron chi connectivity index (χ4n) is 3.05. The second kappa shape index (κ2) is 13.3. The quantitative estimate of drug-likeness (QED) is 0.0884. The fraction of sp³-hybridized carbons (Fsp3) is 0.143. The van der Waals surface area contributed by atoms with Crippen LogP contribution in [0, 0.1) is 20.2 Å². The topological polar surface area (TPSA) is 190 Å².